The average Bonchev–Trinajstić information content (AvgIpc) is 2.77. The quantitative estimate of drug-likeness (QED) is 0.746. The van der Waals surface area contributed by atoms with Crippen molar-refractivity contribution in [2.45, 2.75) is 6.54 Å². The standard InChI is InChI=1S/C12H15Cl2NO2/c13-3-5-15(6-4-14)8-10-1-2-11-12(7-10)17-9-16-11/h1-2,7H,3-6,8-9H2. The van der Waals surface area contributed by atoms with E-state index < -0.39 is 0 Å². The summed E-state index contributed by atoms with van der Waals surface area (Å²) in [5.74, 6) is 2.86. The van der Waals surface area contributed by atoms with Crippen LogP contribution in [0.5, 0.6) is 11.5 Å². The molecule has 2 rings (SSSR count). The molecule has 1 aromatic carbocycles. The van der Waals surface area contributed by atoms with Crippen LogP contribution in [0.4, 0.5) is 0 Å². The summed E-state index contributed by atoms with van der Waals surface area (Å²) in [6.45, 7) is 2.81. The van der Waals surface area contributed by atoms with E-state index in [0.717, 1.165) is 31.1 Å². The second-order valence-electron chi connectivity index (χ2n) is 3.84. The first-order valence-corrected chi connectivity index (χ1v) is 6.63. The number of hydrogen-bond acceptors (Lipinski definition) is 3. The van der Waals surface area contributed by atoms with E-state index in [2.05, 4.69) is 4.90 Å². The predicted octanol–water partition coefficient (Wildman–Crippen LogP) is 2.69. The topological polar surface area (TPSA) is 21.7 Å². The van der Waals surface area contributed by atoms with Crippen molar-refractivity contribution in [3.05, 3.63) is 23.8 Å². The van der Waals surface area contributed by atoms with Crippen LogP contribution in [0.15, 0.2) is 18.2 Å². The Morgan fingerprint density at radius 1 is 1.06 bits per heavy atom. The van der Waals surface area contributed by atoms with Crippen LogP contribution >= 0.6 is 23.2 Å². The maximum absolute atomic E-state index is 5.76. The van der Waals surface area contributed by atoms with E-state index in [9.17, 15) is 0 Å². The molecule has 0 aliphatic carbocycles. The van der Waals surface area contributed by atoms with E-state index in [1.807, 2.05) is 18.2 Å². The van der Waals surface area contributed by atoms with Crippen molar-refractivity contribution in [2.24, 2.45) is 0 Å². The zero-order valence-corrected chi connectivity index (χ0v) is 11.0. The Hall–Kier alpha value is -0.640. The molecule has 0 saturated heterocycles. The molecular weight excluding hydrogens is 261 g/mol. The Morgan fingerprint density at radius 2 is 1.76 bits per heavy atom. The summed E-state index contributed by atoms with van der Waals surface area (Å²) in [6.07, 6.45) is 0. The molecule has 0 bridgehead atoms. The molecule has 0 saturated carbocycles. The smallest absolute Gasteiger partial charge is 0.231 e. The van der Waals surface area contributed by atoms with E-state index in [1.165, 1.54) is 5.56 Å². The first-order chi connectivity index (χ1) is 8.33. The molecule has 0 atom stereocenters. The van der Waals surface area contributed by atoms with Crippen LogP contribution in [-0.4, -0.2) is 36.5 Å². The summed E-state index contributed by atoms with van der Waals surface area (Å²) >= 11 is 11.5. The van der Waals surface area contributed by atoms with Crippen molar-refractivity contribution in [1.29, 1.82) is 0 Å². The fraction of sp³-hybridized carbons (Fsp3) is 0.500. The fourth-order valence-corrected chi connectivity index (χ4v) is 2.28. The van der Waals surface area contributed by atoms with Crippen LogP contribution in [0.1, 0.15) is 5.56 Å². The van der Waals surface area contributed by atoms with Gasteiger partial charge in [-0.05, 0) is 17.7 Å². The highest BCUT2D eigenvalue weighted by molar-refractivity contribution is 6.18. The number of alkyl halides is 2. The normalized spacial score (nSPS) is 13.4. The van der Waals surface area contributed by atoms with Gasteiger partial charge < -0.3 is 9.47 Å². The molecule has 1 aliphatic heterocycles. The molecule has 17 heavy (non-hydrogen) atoms. The van der Waals surface area contributed by atoms with Gasteiger partial charge in [0.2, 0.25) is 6.79 Å². The molecule has 1 aliphatic rings. The monoisotopic (exact) mass is 275 g/mol. The van der Waals surface area contributed by atoms with Crippen LogP contribution in [0.25, 0.3) is 0 Å². The highest BCUT2D eigenvalue weighted by Crippen LogP contribution is 2.32. The molecule has 0 amide bonds. The van der Waals surface area contributed by atoms with Crippen LogP contribution < -0.4 is 9.47 Å². The first-order valence-electron chi connectivity index (χ1n) is 5.56. The van der Waals surface area contributed by atoms with E-state index in [1.54, 1.807) is 0 Å². The number of benzene rings is 1. The largest absolute Gasteiger partial charge is 0.454 e. The third-order valence-electron chi connectivity index (χ3n) is 2.64. The molecular formula is C12H15Cl2NO2. The number of ether oxygens (including phenoxy) is 2. The summed E-state index contributed by atoms with van der Waals surface area (Å²) < 4.78 is 10.6. The van der Waals surface area contributed by atoms with Gasteiger partial charge in [0.1, 0.15) is 0 Å². The van der Waals surface area contributed by atoms with Gasteiger partial charge in [0.05, 0.1) is 0 Å². The molecule has 0 unspecified atom stereocenters. The van der Waals surface area contributed by atoms with Crippen LogP contribution in [-0.2, 0) is 6.54 Å². The van der Waals surface area contributed by atoms with Gasteiger partial charge in [-0.2, -0.15) is 0 Å². The Morgan fingerprint density at radius 3 is 2.47 bits per heavy atom. The molecule has 0 spiro atoms. The molecule has 1 heterocycles. The van der Waals surface area contributed by atoms with Crippen molar-refractivity contribution in [3.8, 4) is 11.5 Å². The van der Waals surface area contributed by atoms with Crippen molar-refractivity contribution in [2.75, 3.05) is 31.6 Å². The minimum Gasteiger partial charge on any atom is -0.454 e. The fourth-order valence-electron chi connectivity index (χ4n) is 1.81. The third-order valence-corrected chi connectivity index (χ3v) is 2.98. The molecule has 3 nitrogen and oxygen atoms in total. The van der Waals surface area contributed by atoms with E-state index in [-0.39, 0.29) is 0 Å². The highest BCUT2D eigenvalue weighted by Gasteiger charge is 2.14. The summed E-state index contributed by atoms with van der Waals surface area (Å²) in [5.41, 5.74) is 1.18. The summed E-state index contributed by atoms with van der Waals surface area (Å²) in [4.78, 5) is 2.22. The Labute approximate surface area is 111 Å². The van der Waals surface area contributed by atoms with Crippen molar-refractivity contribution >= 4 is 23.2 Å². The molecule has 0 N–H and O–H groups in total. The second kappa shape index (κ2) is 6.34. The Balaban J connectivity index is 2.01. The number of halogens is 2. The maximum Gasteiger partial charge on any atom is 0.231 e. The van der Waals surface area contributed by atoms with Gasteiger partial charge in [-0.1, -0.05) is 6.07 Å². The van der Waals surface area contributed by atoms with E-state index >= 15 is 0 Å². The predicted molar refractivity (Wildman–Crippen MR) is 69.3 cm³/mol. The van der Waals surface area contributed by atoms with Gasteiger partial charge >= 0.3 is 0 Å². The lowest BCUT2D eigenvalue weighted by Crippen LogP contribution is -2.27. The number of nitrogens with zero attached hydrogens (tertiary/aromatic N) is 1. The number of hydrogen-bond donors (Lipinski definition) is 0. The van der Waals surface area contributed by atoms with Crippen molar-refractivity contribution in [3.63, 3.8) is 0 Å². The minimum atomic E-state index is 0.311. The zero-order chi connectivity index (χ0) is 12.1. The summed E-state index contributed by atoms with van der Waals surface area (Å²) in [7, 11) is 0. The van der Waals surface area contributed by atoms with Gasteiger partial charge in [-0.15, -0.1) is 23.2 Å². The number of rotatable bonds is 6. The van der Waals surface area contributed by atoms with Crippen molar-refractivity contribution < 1.29 is 9.47 Å². The van der Waals surface area contributed by atoms with Crippen molar-refractivity contribution in [1.82, 2.24) is 4.90 Å². The maximum atomic E-state index is 5.76. The first kappa shape index (κ1) is 12.8. The third kappa shape index (κ3) is 3.41. The summed E-state index contributed by atoms with van der Waals surface area (Å²) in [6, 6.07) is 6.00. The van der Waals surface area contributed by atoms with Crippen LogP contribution in [0.3, 0.4) is 0 Å². The lowest BCUT2D eigenvalue weighted by molar-refractivity contribution is 0.174. The molecule has 0 aromatic heterocycles. The zero-order valence-electron chi connectivity index (χ0n) is 9.49. The van der Waals surface area contributed by atoms with Gasteiger partial charge in [-0.25, -0.2) is 0 Å². The number of fused-ring (bicyclic) bond motifs is 1. The van der Waals surface area contributed by atoms with Gasteiger partial charge in [0.25, 0.3) is 0 Å². The molecule has 0 fully saturated rings. The lowest BCUT2D eigenvalue weighted by Gasteiger charge is -2.20. The van der Waals surface area contributed by atoms with E-state index in [4.69, 9.17) is 32.7 Å². The van der Waals surface area contributed by atoms with E-state index in [0.29, 0.717) is 18.6 Å². The van der Waals surface area contributed by atoms with Gasteiger partial charge in [0, 0.05) is 31.4 Å². The van der Waals surface area contributed by atoms with Crippen LogP contribution in [0.2, 0.25) is 0 Å². The molecule has 5 heteroatoms. The highest BCUT2D eigenvalue weighted by atomic mass is 35.5. The minimum absolute atomic E-state index is 0.311. The molecule has 94 valence electrons. The Kier molecular flexibility index (Phi) is 4.77. The second-order valence-corrected chi connectivity index (χ2v) is 4.60. The van der Waals surface area contributed by atoms with Crippen LogP contribution in [0, 0.1) is 0 Å². The molecule has 1 aromatic rings. The molecule has 0 radical (unpaired) electrons. The average molecular weight is 276 g/mol. The summed E-state index contributed by atoms with van der Waals surface area (Å²) in [5, 5.41) is 0. The lowest BCUT2D eigenvalue weighted by atomic mass is 10.2. The Bertz CT molecular complexity index is 368. The van der Waals surface area contributed by atoms with Gasteiger partial charge in [-0.3, -0.25) is 4.90 Å². The van der Waals surface area contributed by atoms with Gasteiger partial charge in [0.15, 0.2) is 11.5 Å². The SMILES string of the molecule is ClCCN(CCCl)Cc1ccc2c(c1)OCO2.